The second-order valence-corrected chi connectivity index (χ2v) is 7.39. The number of amides is 1. The SMILES string of the molecule is CCCN(C(=O)C=Cc1ccc(OCC#N)c(OC)c1)C1CCc2ccccc2C1. The van der Waals surface area contributed by atoms with Crippen LogP contribution in [0.15, 0.2) is 48.5 Å². The minimum absolute atomic E-state index is 0.0324. The molecule has 2 aromatic rings. The van der Waals surface area contributed by atoms with Gasteiger partial charge in [0, 0.05) is 18.7 Å². The topological polar surface area (TPSA) is 62.6 Å². The number of methoxy groups -OCH3 is 1. The lowest BCUT2D eigenvalue weighted by molar-refractivity contribution is -0.128. The number of ether oxygens (including phenoxy) is 2. The van der Waals surface area contributed by atoms with Gasteiger partial charge < -0.3 is 14.4 Å². The number of hydrogen-bond acceptors (Lipinski definition) is 4. The Bertz CT molecular complexity index is 946. The first kappa shape index (κ1) is 21.4. The smallest absolute Gasteiger partial charge is 0.246 e. The van der Waals surface area contributed by atoms with Gasteiger partial charge in [0.25, 0.3) is 0 Å². The molecule has 2 aromatic carbocycles. The summed E-state index contributed by atoms with van der Waals surface area (Å²) >= 11 is 0. The number of aryl methyl sites for hydroxylation is 1. The maximum absolute atomic E-state index is 13.0. The minimum atomic E-state index is -0.0411. The van der Waals surface area contributed by atoms with Crippen LogP contribution in [0.4, 0.5) is 0 Å². The summed E-state index contributed by atoms with van der Waals surface area (Å²) in [6, 6.07) is 16.1. The Balaban J connectivity index is 1.72. The standard InChI is InChI=1S/C25H28N2O3/c1-3-15-27(22-11-10-20-6-4-5-7-21(20)18-22)25(28)13-9-19-8-12-23(30-16-14-26)24(17-19)29-2/h4-9,12-13,17,22H,3,10-11,15-16,18H2,1-2H3. The minimum Gasteiger partial charge on any atom is -0.493 e. The Morgan fingerprint density at radius 1 is 1.23 bits per heavy atom. The molecule has 30 heavy (non-hydrogen) atoms. The van der Waals surface area contributed by atoms with Crippen molar-refractivity contribution in [1.82, 2.24) is 4.90 Å². The van der Waals surface area contributed by atoms with Gasteiger partial charge in [0.05, 0.1) is 7.11 Å². The van der Waals surface area contributed by atoms with Crippen LogP contribution in [-0.4, -0.2) is 37.1 Å². The summed E-state index contributed by atoms with van der Waals surface area (Å²) in [6.45, 7) is 2.81. The summed E-state index contributed by atoms with van der Waals surface area (Å²) in [4.78, 5) is 15.0. The highest BCUT2D eigenvalue weighted by molar-refractivity contribution is 5.92. The van der Waals surface area contributed by atoms with E-state index in [-0.39, 0.29) is 18.6 Å². The fourth-order valence-electron chi connectivity index (χ4n) is 3.94. The second-order valence-electron chi connectivity index (χ2n) is 7.39. The zero-order valence-electron chi connectivity index (χ0n) is 17.6. The highest BCUT2D eigenvalue weighted by Crippen LogP contribution is 2.29. The van der Waals surface area contributed by atoms with Crippen LogP contribution in [0.5, 0.6) is 11.5 Å². The molecule has 1 aliphatic carbocycles. The third-order valence-electron chi connectivity index (χ3n) is 5.41. The first-order valence-corrected chi connectivity index (χ1v) is 10.4. The van der Waals surface area contributed by atoms with Crippen LogP contribution in [0.25, 0.3) is 6.08 Å². The van der Waals surface area contributed by atoms with Crippen molar-refractivity contribution in [3.8, 4) is 17.6 Å². The maximum Gasteiger partial charge on any atom is 0.246 e. The Morgan fingerprint density at radius 3 is 2.77 bits per heavy atom. The summed E-state index contributed by atoms with van der Waals surface area (Å²) in [7, 11) is 1.55. The second kappa shape index (κ2) is 10.5. The zero-order valence-corrected chi connectivity index (χ0v) is 17.6. The van der Waals surface area contributed by atoms with Crippen molar-refractivity contribution >= 4 is 12.0 Å². The number of fused-ring (bicyclic) bond motifs is 1. The zero-order chi connectivity index (χ0) is 21.3. The number of benzene rings is 2. The molecular weight excluding hydrogens is 376 g/mol. The van der Waals surface area contributed by atoms with Crippen molar-refractivity contribution in [3.05, 3.63) is 65.2 Å². The molecule has 0 N–H and O–H groups in total. The molecule has 3 rings (SSSR count). The molecule has 5 nitrogen and oxygen atoms in total. The molecule has 156 valence electrons. The van der Waals surface area contributed by atoms with Gasteiger partial charge in [-0.25, -0.2) is 0 Å². The molecular formula is C25H28N2O3. The largest absolute Gasteiger partial charge is 0.493 e. The van der Waals surface area contributed by atoms with Crippen LogP contribution in [0.2, 0.25) is 0 Å². The van der Waals surface area contributed by atoms with Crippen molar-refractivity contribution in [2.75, 3.05) is 20.3 Å². The molecule has 0 spiro atoms. The number of carbonyl (C=O) groups excluding carboxylic acids is 1. The van der Waals surface area contributed by atoms with Crippen molar-refractivity contribution < 1.29 is 14.3 Å². The monoisotopic (exact) mass is 404 g/mol. The van der Waals surface area contributed by atoms with E-state index >= 15 is 0 Å². The van der Waals surface area contributed by atoms with E-state index in [1.54, 1.807) is 31.4 Å². The summed E-state index contributed by atoms with van der Waals surface area (Å²) < 4.78 is 10.7. The van der Waals surface area contributed by atoms with Crippen LogP contribution in [0.1, 0.15) is 36.5 Å². The Kier molecular flexibility index (Phi) is 7.51. The first-order valence-electron chi connectivity index (χ1n) is 10.4. The number of nitriles is 1. The van der Waals surface area contributed by atoms with Gasteiger partial charge in [-0.1, -0.05) is 37.3 Å². The van der Waals surface area contributed by atoms with Gasteiger partial charge in [0.1, 0.15) is 6.07 Å². The highest BCUT2D eigenvalue weighted by atomic mass is 16.5. The van der Waals surface area contributed by atoms with Gasteiger partial charge in [-0.3, -0.25) is 4.79 Å². The molecule has 1 atom stereocenters. The molecule has 0 radical (unpaired) electrons. The van der Waals surface area contributed by atoms with Gasteiger partial charge in [0.2, 0.25) is 5.91 Å². The van der Waals surface area contributed by atoms with Crippen molar-refractivity contribution in [2.45, 2.75) is 38.6 Å². The normalized spacial score (nSPS) is 15.3. The van der Waals surface area contributed by atoms with Crippen LogP contribution >= 0.6 is 0 Å². The van der Waals surface area contributed by atoms with Crippen LogP contribution in [0, 0.1) is 11.3 Å². The number of hydrogen-bond donors (Lipinski definition) is 0. The van der Waals surface area contributed by atoms with Gasteiger partial charge in [0.15, 0.2) is 18.1 Å². The van der Waals surface area contributed by atoms with Gasteiger partial charge in [-0.15, -0.1) is 0 Å². The quantitative estimate of drug-likeness (QED) is 0.612. The van der Waals surface area contributed by atoms with E-state index in [1.165, 1.54) is 11.1 Å². The molecule has 1 unspecified atom stereocenters. The summed E-state index contributed by atoms with van der Waals surface area (Å²) in [6.07, 6.45) is 7.29. The molecule has 1 aliphatic rings. The Hall–Kier alpha value is -3.26. The van der Waals surface area contributed by atoms with E-state index in [1.807, 2.05) is 17.0 Å². The van der Waals surface area contributed by atoms with E-state index in [4.69, 9.17) is 14.7 Å². The van der Waals surface area contributed by atoms with Crippen molar-refractivity contribution in [1.29, 1.82) is 5.26 Å². The van der Waals surface area contributed by atoms with Gasteiger partial charge in [-0.05, 0) is 60.6 Å². The molecule has 0 saturated carbocycles. The average molecular weight is 405 g/mol. The van der Waals surface area contributed by atoms with E-state index in [0.717, 1.165) is 37.8 Å². The molecule has 0 aromatic heterocycles. The third-order valence-corrected chi connectivity index (χ3v) is 5.41. The molecule has 0 bridgehead atoms. The molecule has 1 amide bonds. The predicted octanol–water partition coefficient (Wildman–Crippen LogP) is 4.41. The lowest BCUT2D eigenvalue weighted by atomic mass is 9.87. The number of rotatable bonds is 8. The third kappa shape index (κ3) is 5.21. The van der Waals surface area contributed by atoms with Gasteiger partial charge >= 0.3 is 0 Å². The fourth-order valence-corrected chi connectivity index (χ4v) is 3.94. The van der Waals surface area contributed by atoms with E-state index in [2.05, 4.69) is 31.2 Å². The first-order chi connectivity index (χ1) is 14.7. The van der Waals surface area contributed by atoms with Crippen molar-refractivity contribution in [2.24, 2.45) is 0 Å². The molecule has 5 heteroatoms. The fraction of sp³-hybridized carbons (Fsp3) is 0.360. The summed E-state index contributed by atoms with van der Waals surface area (Å²) in [5.74, 6) is 1.08. The average Bonchev–Trinajstić information content (AvgIpc) is 2.79. The molecule has 0 heterocycles. The molecule has 0 fully saturated rings. The number of carbonyl (C=O) groups is 1. The maximum atomic E-state index is 13.0. The van der Waals surface area contributed by atoms with Crippen LogP contribution in [0.3, 0.4) is 0 Å². The van der Waals surface area contributed by atoms with Crippen molar-refractivity contribution in [3.63, 3.8) is 0 Å². The Morgan fingerprint density at radius 2 is 2.03 bits per heavy atom. The number of nitrogens with zero attached hydrogens (tertiary/aromatic N) is 2. The molecule has 0 saturated heterocycles. The van der Waals surface area contributed by atoms with Crippen LogP contribution < -0.4 is 9.47 Å². The van der Waals surface area contributed by atoms with E-state index < -0.39 is 0 Å². The van der Waals surface area contributed by atoms with E-state index in [0.29, 0.717) is 11.5 Å². The van der Waals surface area contributed by atoms with E-state index in [9.17, 15) is 4.79 Å². The summed E-state index contributed by atoms with van der Waals surface area (Å²) in [5, 5.41) is 8.68. The summed E-state index contributed by atoms with van der Waals surface area (Å²) in [5.41, 5.74) is 3.60. The molecule has 0 aliphatic heterocycles. The lowest BCUT2D eigenvalue weighted by Gasteiger charge is -2.34. The highest BCUT2D eigenvalue weighted by Gasteiger charge is 2.26. The van der Waals surface area contributed by atoms with Gasteiger partial charge in [-0.2, -0.15) is 5.26 Å². The predicted molar refractivity (Wildman–Crippen MR) is 117 cm³/mol. The van der Waals surface area contributed by atoms with Crippen LogP contribution in [-0.2, 0) is 17.6 Å². The Labute approximate surface area is 178 Å². The lowest BCUT2D eigenvalue weighted by Crippen LogP contribution is -2.43.